The van der Waals surface area contributed by atoms with Crippen molar-refractivity contribution in [1.29, 1.82) is 0 Å². The van der Waals surface area contributed by atoms with E-state index < -0.39 is 18.2 Å². The zero-order chi connectivity index (χ0) is 25.7. The van der Waals surface area contributed by atoms with Crippen LogP contribution < -0.4 is 10.2 Å². The average molecular weight is 484 g/mol. The van der Waals surface area contributed by atoms with Crippen molar-refractivity contribution in [1.82, 2.24) is 5.32 Å². The number of aliphatic hydroxyl groups is 1. The summed E-state index contributed by atoms with van der Waals surface area (Å²) in [4.78, 5) is 33.3. The molecular formula is C30H33N3O3. The first kappa shape index (κ1) is 25.3. The first-order chi connectivity index (χ1) is 17.3. The highest BCUT2D eigenvalue weighted by atomic mass is 16.3. The number of para-hydroxylation sites is 1. The number of nitrogens with one attached hydrogen (secondary N) is 1. The van der Waals surface area contributed by atoms with Crippen molar-refractivity contribution in [2.75, 3.05) is 11.9 Å². The largest absolute Gasteiger partial charge is 0.392 e. The van der Waals surface area contributed by atoms with E-state index in [4.69, 9.17) is 4.99 Å². The van der Waals surface area contributed by atoms with Gasteiger partial charge in [0, 0.05) is 18.2 Å². The molecule has 0 bridgehead atoms. The summed E-state index contributed by atoms with van der Waals surface area (Å²) in [5, 5.41) is 13.9. The van der Waals surface area contributed by atoms with Gasteiger partial charge < -0.3 is 15.3 Å². The fourth-order valence-corrected chi connectivity index (χ4v) is 4.63. The van der Waals surface area contributed by atoms with E-state index in [2.05, 4.69) is 5.32 Å². The molecule has 2 unspecified atom stereocenters. The van der Waals surface area contributed by atoms with Gasteiger partial charge in [-0.1, -0.05) is 92.7 Å². The van der Waals surface area contributed by atoms with Crippen LogP contribution >= 0.6 is 0 Å². The molecule has 0 aromatic heterocycles. The fraction of sp³-hybridized carbons (Fsp3) is 0.300. The van der Waals surface area contributed by atoms with Gasteiger partial charge in [0.1, 0.15) is 0 Å². The summed E-state index contributed by atoms with van der Waals surface area (Å²) in [6.07, 6.45) is -1.15. The molecular weight excluding hydrogens is 450 g/mol. The van der Waals surface area contributed by atoms with E-state index in [-0.39, 0.29) is 17.7 Å². The number of fused-ring (bicyclic) bond motifs is 1. The van der Waals surface area contributed by atoms with Gasteiger partial charge in [-0.25, -0.2) is 4.99 Å². The topological polar surface area (TPSA) is 82.0 Å². The van der Waals surface area contributed by atoms with Crippen LogP contribution in [0.25, 0.3) is 0 Å². The number of hydrogen-bond donors (Lipinski definition) is 2. The molecule has 0 saturated heterocycles. The molecule has 3 aromatic carbocycles. The zero-order valence-corrected chi connectivity index (χ0v) is 21.0. The highest BCUT2D eigenvalue weighted by molar-refractivity contribution is 6.20. The molecule has 186 valence electrons. The number of carbonyl (C=O) groups is 2. The minimum absolute atomic E-state index is 0.186. The maximum Gasteiger partial charge on any atom is 0.272 e. The smallest absolute Gasteiger partial charge is 0.272 e. The lowest BCUT2D eigenvalue weighted by molar-refractivity contribution is -0.133. The van der Waals surface area contributed by atoms with Crippen LogP contribution in [-0.2, 0) is 16.0 Å². The first-order valence-corrected chi connectivity index (χ1v) is 12.4. The fourth-order valence-electron chi connectivity index (χ4n) is 4.63. The van der Waals surface area contributed by atoms with E-state index in [1.54, 1.807) is 7.05 Å². The highest BCUT2D eigenvalue weighted by Crippen LogP contribution is 2.27. The van der Waals surface area contributed by atoms with Gasteiger partial charge in [0.05, 0.1) is 23.4 Å². The number of carbonyl (C=O) groups excluding carboxylic acids is 2. The molecule has 3 aromatic rings. The number of aliphatic hydroxyl groups excluding tert-OH is 1. The van der Waals surface area contributed by atoms with Crippen LogP contribution in [0.2, 0.25) is 0 Å². The Hall–Kier alpha value is -3.77. The molecule has 36 heavy (non-hydrogen) atoms. The number of anilines is 1. The predicted octanol–water partition coefficient (Wildman–Crippen LogP) is 4.21. The lowest BCUT2D eigenvalue weighted by atomic mass is 9.88. The van der Waals surface area contributed by atoms with Crippen molar-refractivity contribution in [2.45, 2.75) is 39.0 Å². The summed E-state index contributed by atoms with van der Waals surface area (Å²) >= 11 is 0. The summed E-state index contributed by atoms with van der Waals surface area (Å²) in [5.41, 5.74) is 4.00. The van der Waals surface area contributed by atoms with Crippen LogP contribution in [0.15, 0.2) is 89.9 Å². The van der Waals surface area contributed by atoms with E-state index in [1.165, 1.54) is 4.90 Å². The molecule has 6 nitrogen and oxygen atoms in total. The number of amides is 2. The van der Waals surface area contributed by atoms with Crippen molar-refractivity contribution in [3.05, 3.63) is 102 Å². The van der Waals surface area contributed by atoms with E-state index >= 15 is 0 Å². The van der Waals surface area contributed by atoms with Crippen LogP contribution in [0.1, 0.15) is 37.0 Å². The molecule has 1 aliphatic heterocycles. The van der Waals surface area contributed by atoms with Crippen molar-refractivity contribution in [3.8, 4) is 0 Å². The Balaban J connectivity index is 1.66. The lowest BCUT2D eigenvalue weighted by Gasteiger charge is -2.26. The third-order valence-corrected chi connectivity index (χ3v) is 6.48. The Morgan fingerprint density at radius 2 is 1.58 bits per heavy atom. The Bertz CT molecular complexity index is 1220. The average Bonchev–Trinajstić information content (AvgIpc) is 2.99. The highest BCUT2D eigenvalue weighted by Gasteiger charge is 2.34. The van der Waals surface area contributed by atoms with Gasteiger partial charge in [0.2, 0.25) is 12.1 Å². The Morgan fingerprint density at radius 3 is 2.25 bits per heavy atom. The van der Waals surface area contributed by atoms with Crippen LogP contribution in [0.3, 0.4) is 0 Å². The molecule has 2 amide bonds. The quantitative estimate of drug-likeness (QED) is 0.504. The van der Waals surface area contributed by atoms with Crippen LogP contribution in [0, 0.1) is 11.8 Å². The van der Waals surface area contributed by atoms with Crippen molar-refractivity contribution >= 4 is 23.2 Å². The first-order valence-electron chi connectivity index (χ1n) is 12.4. The summed E-state index contributed by atoms with van der Waals surface area (Å²) in [6, 6.07) is 26.9. The molecule has 1 heterocycles. The summed E-state index contributed by atoms with van der Waals surface area (Å²) in [7, 11) is 1.69. The number of likely N-dealkylation sites (N-methyl/N-ethyl adjacent to an activating group) is 1. The van der Waals surface area contributed by atoms with E-state index in [0.29, 0.717) is 18.6 Å². The molecule has 6 heteroatoms. The summed E-state index contributed by atoms with van der Waals surface area (Å²) < 4.78 is 0. The van der Waals surface area contributed by atoms with Crippen molar-refractivity contribution in [2.24, 2.45) is 16.8 Å². The van der Waals surface area contributed by atoms with Crippen molar-refractivity contribution < 1.29 is 14.7 Å². The molecule has 4 rings (SSSR count). The SMILES string of the molecule is CC(C)CC(C(=O)NC1N=C(c2ccccc2)c2ccccc2N(C)C1=O)[C@@H](O)Cc1ccccc1. The number of rotatable bonds is 8. The van der Waals surface area contributed by atoms with E-state index in [9.17, 15) is 14.7 Å². The molecule has 0 fully saturated rings. The lowest BCUT2D eigenvalue weighted by Crippen LogP contribution is -2.50. The molecule has 0 radical (unpaired) electrons. The molecule has 0 spiro atoms. The second kappa shape index (κ2) is 11.3. The van der Waals surface area contributed by atoms with Crippen LogP contribution in [-0.4, -0.2) is 41.9 Å². The third-order valence-electron chi connectivity index (χ3n) is 6.48. The molecule has 3 atom stereocenters. The second-order valence-corrected chi connectivity index (χ2v) is 9.66. The maximum atomic E-state index is 13.5. The predicted molar refractivity (Wildman–Crippen MR) is 143 cm³/mol. The zero-order valence-electron chi connectivity index (χ0n) is 21.0. The Labute approximate surface area is 212 Å². The molecule has 0 aliphatic carbocycles. The number of hydrogen-bond acceptors (Lipinski definition) is 4. The number of benzodiazepines with no additional fused rings is 1. The monoisotopic (exact) mass is 483 g/mol. The van der Waals surface area contributed by atoms with Gasteiger partial charge in [-0.3, -0.25) is 9.59 Å². The summed E-state index contributed by atoms with van der Waals surface area (Å²) in [5.74, 6) is -1.20. The molecule has 0 saturated carbocycles. The van der Waals surface area contributed by atoms with Gasteiger partial charge in [0.15, 0.2) is 0 Å². The summed E-state index contributed by atoms with van der Waals surface area (Å²) in [6.45, 7) is 4.03. The maximum absolute atomic E-state index is 13.5. The number of nitrogens with zero attached hydrogens (tertiary/aromatic N) is 2. The van der Waals surface area contributed by atoms with Gasteiger partial charge in [-0.2, -0.15) is 0 Å². The normalized spacial score (nSPS) is 17.1. The van der Waals surface area contributed by atoms with Gasteiger partial charge >= 0.3 is 0 Å². The minimum Gasteiger partial charge on any atom is -0.392 e. The molecule has 1 aliphatic rings. The van der Waals surface area contributed by atoms with E-state index in [1.807, 2.05) is 98.8 Å². The van der Waals surface area contributed by atoms with Gasteiger partial charge in [0.25, 0.3) is 5.91 Å². The Morgan fingerprint density at radius 1 is 0.972 bits per heavy atom. The van der Waals surface area contributed by atoms with Crippen molar-refractivity contribution in [3.63, 3.8) is 0 Å². The minimum atomic E-state index is -1.11. The Kier molecular flexibility index (Phi) is 7.96. The van der Waals surface area contributed by atoms with Crippen LogP contribution in [0.4, 0.5) is 5.69 Å². The number of aliphatic imine (C=N–C) groups is 1. The standard InChI is InChI=1S/C30H33N3O3/c1-20(2)18-24(26(34)19-21-12-6-4-7-13-21)29(35)32-28-30(36)33(3)25-17-11-10-16-23(25)27(31-28)22-14-8-5-9-15-22/h4-17,20,24,26,28,34H,18-19H2,1-3H3,(H,32,35)/t24?,26-,28?/m0/s1. The van der Waals surface area contributed by atoms with E-state index in [0.717, 1.165) is 22.4 Å². The second-order valence-electron chi connectivity index (χ2n) is 9.66. The van der Waals surface area contributed by atoms with Gasteiger partial charge in [-0.15, -0.1) is 0 Å². The van der Waals surface area contributed by atoms with Gasteiger partial charge in [-0.05, 0) is 30.4 Å². The molecule has 2 N–H and O–H groups in total. The van der Waals surface area contributed by atoms with Crippen LogP contribution in [0.5, 0.6) is 0 Å². The number of benzene rings is 3. The third kappa shape index (κ3) is 5.71.